The molecule has 0 aliphatic carbocycles. The van der Waals surface area contributed by atoms with Gasteiger partial charge in [0.15, 0.2) is 0 Å². The van der Waals surface area contributed by atoms with Crippen molar-refractivity contribution in [3.8, 4) is 0 Å². The summed E-state index contributed by atoms with van der Waals surface area (Å²) in [6, 6.07) is 1.97. The summed E-state index contributed by atoms with van der Waals surface area (Å²) < 4.78 is 40.4. The van der Waals surface area contributed by atoms with Crippen LogP contribution in [0.3, 0.4) is 0 Å². The average Bonchev–Trinajstić information content (AvgIpc) is 3.37. The molecule has 0 radical (unpaired) electrons. The Labute approximate surface area is 189 Å². The van der Waals surface area contributed by atoms with Gasteiger partial charge < -0.3 is 4.90 Å². The lowest BCUT2D eigenvalue weighted by Crippen LogP contribution is -2.59. The maximum Gasteiger partial charge on any atom is 0.393 e. The van der Waals surface area contributed by atoms with E-state index in [9.17, 15) is 13.2 Å². The molecule has 1 unspecified atom stereocenters. The fourth-order valence-electron chi connectivity index (χ4n) is 5.43. The number of aryl methyl sites for hydroxylation is 1. The Morgan fingerprint density at radius 2 is 1.97 bits per heavy atom. The Hall–Kier alpha value is -2.20. The Bertz CT molecular complexity index is 1110. The average molecular weight is 465 g/mol. The number of thiophene rings is 1. The van der Waals surface area contributed by atoms with E-state index < -0.39 is 12.6 Å². The topological polar surface area (TPSA) is 50.1 Å². The van der Waals surface area contributed by atoms with Gasteiger partial charge in [0.1, 0.15) is 17.0 Å². The molecule has 3 aromatic heterocycles. The summed E-state index contributed by atoms with van der Waals surface area (Å²) in [5.41, 5.74) is 1.46. The SMILES string of the molecule is CC(C)C(c1cnn(C)c1)N1CC2(CCN(c3ncnc4sc(CC(F)(F)F)cc34)C2)C1. The number of hydrogen-bond donors (Lipinski definition) is 0. The number of aromatic nitrogens is 4. The van der Waals surface area contributed by atoms with Crippen molar-refractivity contribution in [2.75, 3.05) is 31.1 Å². The smallest absolute Gasteiger partial charge is 0.355 e. The minimum atomic E-state index is -4.22. The highest BCUT2D eigenvalue weighted by Crippen LogP contribution is 2.47. The summed E-state index contributed by atoms with van der Waals surface area (Å²) in [4.78, 5) is 14.4. The van der Waals surface area contributed by atoms with E-state index in [4.69, 9.17) is 0 Å². The number of anilines is 1. The Balaban J connectivity index is 1.32. The number of likely N-dealkylation sites (tertiary alicyclic amines) is 1. The van der Waals surface area contributed by atoms with Crippen molar-refractivity contribution >= 4 is 27.4 Å². The summed E-state index contributed by atoms with van der Waals surface area (Å²) in [6.07, 6.45) is 1.46. The Kier molecular flexibility index (Phi) is 5.20. The molecule has 0 bridgehead atoms. The third kappa shape index (κ3) is 3.98. The zero-order valence-corrected chi connectivity index (χ0v) is 19.2. The van der Waals surface area contributed by atoms with E-state index in [0.717, 1.165) is 55.1 Å². The molecule has 1 spiro atoms. The first kappa shape index (κ1) is 21.6. The van der Waals surface area contributed by atoms with E-state index in [1.165, 1.54) is 11.9 Å². The molecule has 0 aromatic carbocycles. The van der Waals surface area contributed by atoms with Crippen LogP contribution in [0.2, 0.25) is 0 Å². The van der Waals surface area contributed by atoms with Crippen molar-refractivity contribution in [3.05, 3.63) is 35.2 Å². The molecule has 5 heterocycles. The van der Waals surface area contributed by atoms with E-state index in [-0.39, 0.29) is 10.3 Å². The van der Waals surface area contributed by atoms with Gasteiger partial charge in [-0.25, -0.2) is 9.97 Å². The molecular formula is C22H27F3N6S. The molecule has 5 rings (SSSR count). The van der Waals surface area contributed by atoms with Gasteiger partial charge >= 0.3 is 6.18 Å². The van der Waals surface area contributed by atoms with Gasteiger partial charge in [-0.2, -0.15) is 18.3 Å². The molecule has 32 heavy (non-hydrogen) atoms. The number of nitrogens with zero attached hydrogens (tertiary/aromatic N) is 6. The van der Waals surface area contributed by atoms with Gasteiger partial charge in [-0.1, -0.05) is 13.8 Å². The van der Waals surface area contributed by atoms with Crippen molar-refractivity contribution in [2.24, 2.45) is 18.4 Å². The highest BCUT2D eigenvalue weighted by atomic mass is 32.1. The van der Waals surface area contributed by atoms with Gasteiger partial charge in [-0.3, -0.25) is 9.58 Å². The molecule has 2 aliphatic heterocycles. The van der Waals surface area contributed by atoms with Gasteiger partial charge in [0.2, 0.25) is 0 Å². The Morgan fingerprint density at radius 1 is 1.19 bits per heavy atom. The number of fused-ring (bicyclic) bond motifs is 1. The summed E-state index contributed by atoms with van der Waals surface area (Å²) in [5.74, 6) is 1.25. The van der Waals surface area contributed by atoms with Crippen molar-refractivity contribution in [3.63, 3.8) is 0 Å². The van der Waals surface area contributed by atoms with Gasteiger partial charge in [0.25, 0.3) is 0 Å². The van der Waals surface area contributed by atoms with Crippen LogP contribution in [0.5, 0.6) is 0 Å². The third-order valence-electron chi connectivity index (χ3n) is 6.64. The van der Waals surface area contributed by atoms with Crippen LogP contribution >= 0.6 is 11.3 Å². The molecule has 2 saturated heterocycles. The number of hydrogen-bond acceptors (Lipinski definition) is 6. The lowest BCUT2D eigenvalue weighted by molar-refractivity contribution is -0.126. The molecular weight excluding hydrogens is 437 g/mol. The number of rotatable bonds is 5. The second-order valence-electron chi connectivity index (χ2n) is 9.63. The Morgan fingerprint density at radius 3 is 2.62 bits per heavy atom. The summed E-state index contributed by atoms with van der Waals surface area (Å²) in [6.45, 7) is 8.26. The summed E-state index contributed by atoms with van der Waals surface area (Å²) in [7, 11) is 1.94. The van der Waals surface area contributed by atoms with E-state index in [1.807, 2.05) is 17.9 Å². The van der Waals surface area contributed by atoms with Gasteiger partial charge in [0, 0.05) is 61.3 Å². The van der Waals surface area contributed by atoms with E-state index in [1.54, 1.807) is 6.07 Å². The van der Waals surface area contributed by atoms with Crippen LogP contribution in [-0.2, 0) is 13.5 Å². The van der Waals surface area contributed by atoms with Crippen LogP contribution in [0.4, 0.5) is 19.0 Å². The number of alkyl halides is 3. The molecule has 0 N–H and O–H groups in total. The normalized spacial score (nSPS) is 19.9. The molecule has 0 saturated carbocycles. The van der Waals surface area contributed by atoms with Gasteiger partial charge in [-0.15, -0.1) is 11.3 Å². The van der Waals surface area contributed by atoms with Crippen LogP contribution < -0.4 is 4.90 Å². The van der Waals surface area contributed by atoms with Crippen LogP contribution in [-0.4, -0.2) is 57.0 Å². The summed E-state index contributed by atoms with van der Waals surface area (Å²) >= 11 is 1.11. The maximum atomic E-state index is 12.9. The maximum absolute atomic E-state index is 12.9. The predicted octanol–water partition coefficient (Wildman–Crippen LogP) is 4.44. The zero-order valence-electron chi connectivity index (χ0n) is 18.4. The first-order valence-electron chi connectivity index (χ1n) is 10.9. The summed E-state index contributed by atoms with van der Waals surface area (Å²) in [5, 5.41) is 5.09. The minimum Gasteiger partial charge on any atom is -0.355 e. The lowest BCUT2D eigenvalue weighted by atomic mass is 9.76. The van der Waals surface area contributed by atoms with Crippen molar-refractivity contribution in [1.82, 2.24) is 24.6 Å². The predicted molar refractivity (Wildman–Crippen MR) is 119 cm³/mol. The van der Waals surface area contributed by atoms with Crippen LogP contribution in [0.1, 0.15) is 36.8 Å². The monoisotopic (exact) mass is 464 g/mol. The van der Waals surface area contributed by atoms with Crippen molar-refractivity contribution in [2.45, 2.75) is 38.9 Å². The van der Waals surface area contributed by atoms with Gasteiger partial charge in [0.05, 0.1) is 18.0 Å². The third-order valence-corrected chi connectivity index (χ3v) is 7.68. The zero-order chi connectivity index (χ0) is 22.7. The van der Waals surface area contributed by atoms with E-state index in [0.29, 0.717) is 16.8 Å². The number of halogens is 3. The molecule has 172 valence electrons. The molecule has 10 heteroatoms. The molecule has 1 atom stereocenters. The lowest BCUT2D eigenvalue weighted by Gasteiger charge is -2.52. The van der Waals surface area contributed by atoms with E-state index in [2.05, 4.69) is 44.9 Å². The van der Waals surface area contributed by atoms with Crippen molar-refractivity contribution in [1.29, 1.82) is 0 Å². The van der Waals surface area contributed by atoms with Crippen LogP contribution in [0, 0.1) is 11.3 Å². The van der Waals surface area contributed by atoms with Crippen LogP contribution in [0.15, 0.2) is 24.8 Å². The van der Waals surface area contributed by atoms with E-state index >= 15 is 0 Å². The highest BCUT2D eigenvalue weighted by molar-refractivity contribution is 7.18. The minimum absolute atomic E-state index is 0.206. The molecule has 6 nitrogen and oxygen atoms in total. The fourth-order valence-corrected chi connectivity index (χ4v) is 6.45. The first-order valence-corrected chi connectivity index (χ1v) is 11.7. The highest BCUT2D eigenvalue weighted by Gasteiger charge is 2.50. The quantitative estimate of drug-likeness (QED) is 0.559. The molecule has 0 amide bonds. The van der Waals surface area contributed by atoms with Crippen LogP contribution in [0.25, 0.3) is 10.2 Å². The second kappa shape index (κ2) is 7.69. The first-order chi connectivity index (χ1) is 15.1. The standard InChI is InChI=1S/C22H27F3N6S/c1-14(2)18(15-8-28-29(3)9-15)31-11-21(12-31)4-5-30(10-21)19-17-6-16(7-22(23,24)25)32-20(17)27-13-26-19/h6,8-9,13-14,18H,4-5,7,10-12H2,1-3H3. The molecule has 2 fully saturated rings. The largest absolute Gasteiger partial charge is 0.393 e. The molecule has 3 aromatic rings. The second-order valence-corrected chi connectivity index (χ2v) is 10.7. The van der Waals surface area contributed by atoms with Crippen molar-refractivity contribution < 1.29 is 13.2 Å². The molecule has 2 aliphatic rings. The van der Waals surface area contributed by atoms with Gasteiger partial charge in [-0.05, 0) is 18.4 Å². The fraction of sp³-hybridized carbons (Fsp3) is 0.591.